The van der Waals surface area contributed by atoms with Gasteiger partial charge < -0.3 is 20.5 Å². The maximum atomic E-state index is 12.2. The van der Waals surface area contributed by atoms with Crippen LogP contribution in [0.1, 0.15) is 32.6 Å². The fourth-order valence-corrected chi connectivity index (χ4v) is 3.67. The summed E-state index contributed by atoms with van der Waals surface area (Å²) < 4.78 is 46.1. The largest absolute Gasteiger partial charge is 0.573 e. The second-order valence-electron chi connectivity index (χ2n) is 6.49. The molecule has 1 spiro atoms. The number of halogens is 4. The van der Waals surface area contributed by atoms with Crippen molar-refractivity contribution in [3.05, 3.63) is 24.3 Å². The van der Waals surface area contributed by atoms with Crippen molar-refractivity contribution in [3.63, 3.8) is 0 Å². The van der Waals surface area contributed by atoms with Gasteiger partial charge in [0.05, 0.1) is 12.1 Å². The van der Waals surface area contributed by atoms with Crippen LogP contribution in [0, 0.1) is 5.41 Å². The third-order valence-corrected chi connectivity index (χ3v) is 5.05. The van der Waals surface area contributed by atoms with Crippen LogP contribution in [0.2, 0.25) is 0 Å². The van der Waals surface area contributed by atoms with E-state index in [9.17, 15) is 13.2 Å². The van der Waals surface area contributed by atoms with E-state index < -0.39 is 6.36 Å². The Morgan fingerprint density at radius 1 is 1.31 bits per heavy atom. The molecule has 9 heteroatoms. The van der Waals surface area contributed by atoms with E-state index in [0.29, 0.717) is 12.3 Å². The van der Waals surface area contributed by atoms with Crippen molar-refractivity contribution in [2.24, 2.45) is 16.1 Å². The number of nitrogens with one attached hydrogen (secondary N) is 1. The van der Waals surface area contributed by atoms with Crippen LogP contribution in [0.4, 0.5) is 18.9 Å². The molecule has 2 aliphatic carbocycles. The van der Waals surface area contributed by atoms with E-state index in [1.165, 1.54) is 30.7 Å². The van der Waals surface area contributed by atoms with Gasteiger partial charge in [0, 0.05) is 17.7 Å². The predicted molar refractivity (Wildman–Crippen MR) is 104 cm³/mol. The van der Waals surface area contributed by atoms with Gasteiger partial charge in [0.2, 0.25) is 0 Å². The predicted octanol–water partition coefficient (Wildman–Crippen LogP) is 4.28. The van der Waals surface area contributed by atoms with Gasteiger partial charge in [0.25, 0.3) is 0 Å². The van der Waals surface area contributed by atoms with E-state index >= 15 is 0 Å². The molecule has 2 unspecified atom stereocenters. The Bertz CT molecular complexity index is 633. The van der Waals surface area contributed by atoms with Gasteiger partial charge in [0.15, 0.2) is 5.96 Å². The van der Waals surface area contributed by atoms with E-state index in [4.69, 9.17) is 10.5 Å². The molecule has 0 aromatic heterocycles. The highest BCUT2D eigenvalue weighted by Gasteiger charge is 2.59. The summed E-state index contributed by atoms with van der Waals surface area (Å²) in [6, 6.07) is 5.52. The first-order chi connectivity index (χ1) is 11.8. The number of alkyl halides is 3. The number of nitrogens with two attached hydrogens (primary N) is 1. The molecule has 2 atom stereocenters. The molecule has 1 aromatic rings. The Kier molecular flexibility index (Phi) is 6.65. The van der Waals surface area contributed by atoms with Gasteiger partial charge in [-0.2, -0.15) is 0 Å². The second kappa shape index (κ2) is 8.20. The minimum Gasteiger partial charge on any atom is -0.406 e. The first-order valence-corrected chi connectivity index (χ1v) is 8.40. The van der Waals surface area contributed by atoms with E-state index in [1.807, 2.05) is 6.92 Å². The van der Waals surface area contributed by atoms with Gasteiger partial charge in [-0.05, 0) is 50.5 Å². The second-order valence-corrected chi connectivity index (χ2v) is 6.49. The number of nitrogens with zero attached hydrogens (tertiary/aromatic N) is 1. The standard InChI is InChI=1S/C17H22F3N3O2.HI/c1-2-24-14-10-13(16(14)8-3-9-16)23-15(21)22-11-4-6-12(7-5-11)25-17(18,19)20;/h4-7,13-14H,2-3,8-10H2,1H3,(H3,21,22,23);1H. The van der Waals surface area contributed by atoms with Crippen molar-refractivity contribution in [1.82, 2.24) is 0 Å². The minimum absolute atomic E-state index is 0. The fraction of sp³-hybridized carbons (Fsp3) is 0.588. The normalized spacial score (nSPS) is 24.2. The highest BCUT2D eigenvalue weighted by molar-refractivity contribution is 14.0. The minimum atomic E-state index is -4.70. The molecule has 0 saturated heterocycles. The van der Waals surface area contributed by atoms with E-state index in [0.717, 1.165) is 19.3 Å². The Hall–Kier alpha value is -1.23. The molecule has 5 nitrogen and oxygen atoms in total. The van der Waals surface area contributed by atoms with Crippen LogP contribution in [0.5, 0.6) is 5.75 Å². The zero-order valence-electron chi connectivity index (χ0n) is 14.4. The lowest BCUT2D eigenvalue weighted by Crippen LogP contribution is -2.61. The van der Waals surface area contributed by atoms with Crippen molar-refractivity contribution in [3.8, 4) is 5.75 Å². The smallest absolute Gasteiger partial charge is 0.406 e. The Morgan fingerprint density at radius 2 is 1.96 bits per heavy atom. The molecule has 0 aliphatic heterocycles. The number of benzene rings is 1. The Morgan fingerprint density at radius 3 is 2.46 bits per heavy atom. The maximum Gasteiger partial charge on any atom is 0.573 e. The number of hydrogen-bond donors (Lipinski definition) is 2. The Balaban J connectivity index is 0.00000243. The first-order valence-electron chi connectivity index (χ1n) is 8.40. The molecule has 2 aliphatic rings. The zero-order valence-corrected chi connectivity index (χ0v) is 16.7. The molecule has 2 saturated carbocycles. The van der Waals surface area contributed by atoms with Crippen LogP contribution >= 0.6 is 24.0 Å². The van der Waals surface area contributed by atoms with E-state index in [-0.39, 0.29) is 53.2 Å². The van der Waals surface area contributed by atoms with Gasteiger partial charge in [-0.3, -0.25) is 0 Å². The van der Waals surface area contributed by atoms with Crippen LogP contribution in [0.15, 0.2) is 29.3 Å². The molecule has 1 aromatic carbocycles. The van der Waals surface area contributed by atoms with Gasteiger partial charge >= 0.3 is 6.36 Å². The highest BCUT2D eigenvalue weighted by Crippen LogP contribution is 2.58. The topological polar surface area (TPSA) is 68.9 Å². The lowest BCUT2D eigenvalue weighted by Gasteiger charge is -2.59. The number of ether oxygens (including phenoxy) is 2. The molecular weight excluding hydrogens is 462 g/mol. The van der Waals surface area contributed by atoms with Crippen molar-refractivity contribution >= 4 is 35.6 Å². The molecule has 3 rings (SSSR count). The van der Waals surface area contributed by atoms with Gasteiger partial charge in [-0.15, -0.1) is 37.1 Å². The van der Waals surface area contributed by atoms with Gasteiger partial charge in [0.1, 0.15) is 5.75 Å². The van der Waals surface area contributed by atoms with Crippen LogP contribution in [0.3, 0.4) is 0 Å². The lowest BCUT2D eigenvalue weighted by molar-refractivity contribution is -0.274. The molecular formula is C17H23F3IN3O2. The molecule has 0 radical (unpaired) electrons. The molecule has 26 heavy (non-hydrogen) atoms. The molecule has 146 valence electrons. The quantitative estimate of drug-likeness (QED) is 0.371. The van der Waals surface area contributed by atoms with Gasteiger partial charge in [-0.25, -0.2) is 4.99 Å². The van der Waals surface area contributed by atoms with Crippen molar-refractivity contribution in [1.29, 1.82) is 0 Å². The molecule has 2 fully saturated rings. The van der Waals surface area contributed by atoms with Crippen LogP contribution in [0.25, 0.3) is 0 Å². The molecule has 0 amide bonds. The summed E-state index contributed by atoms with van der Waals surface area (Å²) in [6.45, 7) is 2.69. The van der Waals surface area contributed by atoms with Crippen molar-refractivity contribution in [2.75, 3.05) is 11.9 Å². The first kappa shape index (κ1) is 21.1. The molecule has 3 N–H and O–H groups in total. The highest BCUT2D eigenvalue weighted by atomic mass is 127. The number of aliphatic imine (C=N–C) groups is 1. The van der Waals surface area contributed by atoms with Gasteiger partial charge in [-0.1, -0.05) is 6.42 Å². The van der Waals surface area contributed by atoms with Crippen LogP contribution < -0.4 is 15.8 Å². The SMILES string of the molecule is CCOC1CC(N=C(N)Nc2ccc(OC(F)(F)F)cc2)C12CCC2.I. The zero-order chi connectivity index (χ0) is 18.1. The number of hydrogen-bond acceptors (Lipinski definition) is 3. The summed E-state index contributed by atoms with van der Waals surface area (Å²) in [5.74, 6) is -0.0174. The van der Waals surface area contributed by atoms with E-state index in [1.54, 1.807) is 0 Å². The van der Waals surface area contributed by atoms with Crippen LogP contribution in [-0.4, -0.2) is 31.1 Å². The summed E-state index contributed by atoms with van der Waals surface area (Å²) >= 11 is 0. The van der Waals surface area contributed by atoms with Crippen LogP contribution in [-0.2, 0) is 4.74 Å². The monoisotopic (exact) mass is 485 g/mol. The van der Waals surface area contributed by atoms with Crippen molar-refractivity contribution in [2.45, 2.75) is 51.1 Å². The average molecular weight is 485 g/mol. The third kappa shape index (κ3) is 4.54. The van der Waals surface area contributed by atoms with E-state index in [2.05, 4.69) is 15.0 Å². The fourth-order valence-electron chi connectivity index (χ4n) is 3.67. The summed E-state index contributed by atoms with van der Waals surface area (Å²) in [7, 11) is 0. The average Bonchev–Trinajstić information content (AvgIpc) is 2.45. The summed E-state index contributed by atoms with van der Waals surface area (Å²) in [5.41, 5.74) is 6.63. The lowest BCUT2D eigenvalue weighted by atomic mass is 9.51. The summed E-state index contributed by atoms with van der Waals surface area (Å²) in [4.78, 5) is 4.56. The maximum absolute atomic E-state index is 12.2. The summed E-state index contributed by atoms with van der Waals surface area (Å²) in [5, 5.41) is 2.91. The third-order valence-electron chi connectivity index (χ3n) is 5.05. The number of rotatable bonds is 5. The number of guanidine groups is 1. The van der Waals surface area contributed by atoms with Crippen molar-refractivity contribution < 1.29 is 22.6 Å². The summed E-state index contributed by atoms with van der Waals surface area (Å²) in [6.07, 6.45) is -0.205. The molecule has 0 bridgehead atoms. The Labute approximate surface area is 167 Å². The number of anilines is 1. The molecule has 0 heterocycles.